The highest BCUT2D eigenvalue weighted by Gasteiger charge is 2.11. The Labute approximate surface area is 144 Å². The molecule has 0 fully saturated rings. The zero-order chi connectivity index (χ0) is 18.8. The van der Waals surface area contributed by atoms with E-state index in [1.54, 1.807) is 0 Å². The maximum absolute atomic E-state index is 11.8. The molecule has 0 aliphatic heterocycles. The van der Waals surface area contributed by atoms with Crippen LogP contribution in [0.2, 0.25) is 0 Å². The molecule has 0 bridgehead atoms. The van der Waals surface area contributed by atoms with Gasteiger partial charge in [0.2, 0.25) is 0 Å². The molecule has 25 heavy (non-hydrogen) atoms. The van der Waals surface area contributed by atoms with Gasteiger partial charge in [-0.05, 0) is 18.1 Å². The molecule has 2 N–H and O–H groups in total. The predicted molar refractivity (Wildman–Crippen MR) is 88.9 cm³/mol. The van der Waals surface area contributed by atoms with Crippen molar-refractivity contribution in [1.29, 1.82) is 0 Å². The molecule has 0 aliphatic rings. The van der Waals surface area contributed by atoms with Gasteiger partial charge in [-0.3, -0.25) is 24.5 Å². The van der Waals surface area contributed by atoms with Crippen molar-refractivity contribution in [2.24, 2.45) is 5.92 Å². The number of esters is 1. The summed E-state index contributed by atoms with van der Waals surface area (Å²) in [6, 6.07) is 5.09. The Bertz CT molecular complexity index is 627. The van der Waals surface area contributed by atoms with Gasteiger partial charge in [0.05, 0.1) is 11.3 Å². The standard InChI is InChI=1S/C16H21N3O6/c1-11(2)9-18-14(20)10-25-15(21)7-8-17-16(22)12-3-5-13(6-4-12)19(23)24/h3-6,11H,7-10H2,1-2H3,(H,17,22)(H,18,20). The second-order valence-electron chi connectivity index (χ2n) is 5.67. The van der Waals surface area contributed by atoms with Crippen molar-refractivity contribution in [3.05, 3.63) is 39.9 Å². The molecule has 0 atom stereocenters. The summed E-state index contributed by atoms with van der Waals surface area (Å²) in [7, 11) is 0. The zero-order valence-corrected chi connectivity index (χ0v) is 14.1. The van der Waals surface area contributed by atoms with Gasteiger partial charge in [-0.2, -0.15) is 0 Å². The first-order valence-corrected chi connectivity index (χ1v) is 7.74. The molecular weight excluding hydrogens is 330 g/mol. The number of nitrogens with one attached hydrogen (secondary N) is 2. The van der Waals surface area contributed by atoms with E-state index in [1.165, 1.54) is 24.3 Å². The highest BCUT2D eigenvalue weighted by molar-refractivity contribution is 5.94. The average Bonchev–Trinajstić information content (AvgIpc) is 2.58. The molecule has 0 aliphatic carbocycles. The van der Waals surface area contributed by atoms with E-state index >= 15 is 0 Å². The second-order valence-corrected chi connectivity index (χ2v) is 5.67. The topological polar surface area (TPSA) is 128 Å². The van der Waals surface area contributed by atoms with Crippen LogP contribution in [0.1, 0.15) is 30.6 Å². The lowest BCUT2D eigenvalue weighted by Crippen LogP contribution is -2.32. The Morgan fingerprint density at radius 1 is 1.16 bits per heavy atom. The first kappa shape index (κ1) is 20.1. The van der Waals surface area contributed by atoms with E-state index < -0.39 is 16.8 Å². The van der Waals surface area contributed by atoms with Crippen LogP contribution in [-0.4, -0.2) is 42.4 Å². The first-order chi connectivity index (χ1) is 11.8. The molecular formula is C16H21N3O6. The van der Waals surface area contributed by atoms with E-state index in [4.69, 9.17) is 4.74 Å². The van der Waals surface area contributed by atoms with Gasteiger partial charge < -0.3 is 15.4 Å². The molecule has 0 saturated heterocycles. The molecule has 1 aromatic carbocycles. The number of nitro benzene ring substituents is 1. The molecule has 2 amide bonds. The van der Waals surface area contributed by atoms with Crippen LogP contribution in [-0.2, 0) is 14.3 Å². The summed E-state index contributed by atoms with van der Waals surface area (Å²) in [5, 5.41) is 15.6. The zero-order valence-electron chi connectivity index (χ0n) is 14.1. The van der Waals surface area contributed by atoms with E-state index in [-0.39, 0.29) is 36.7 Å². The van der Waals surface area contributed by atoms with Crippen molar-refractivity contribution in [2.45, 2.75) is 20.3 Å². The minimum Gasteiger partial charge on any atom is -0.456 e. The summed E-state index contributed by atoms with van der Waals surface area (Å²) in [5.41, 5.74) is 0.128. The average molecular weight is 351 g/mol. The number of nitrogens with zero attached hydrogens (tertiary/aromatic N) is 1. The number of carbonyl (C=O) groups is 3. The summed E-state index contributed by atoms with van der Waals surface area (Å²) >= 11 is 0. The number of benzene rings is 1. The number of hydrogen-bond donors (Lipinski definition) is 2. The van der Waals surface area contributed by atoms with Gasteiger partial charge in [-0.25, -0.2) is 0 Å². The van der Waals surface area contributed by atoms with Crippen LogP contribution >= 0.6 is 0 Å². The van der Waals surface area contributed by atoms with Crippen LogP contribution in [0.5, 0.6) is 0 Å². The van der Waals surface area contributed by atoms with Crippen molar-refractivity contribution in [2.75, 3.05) is 19.7 Å². The van der Waals surface area contributed by atoms with Crippen LogP contribution in [0.3, 0.4) is 0 Å². The van der Waals surface area contributed by atoms with Crippen molar-refractivity contribution in [3.8, 4) is 0 Å². The number of rotatable bonds is 9. The number of hydrogen-bond acceptors (Lipinski definition) is 6. The second kappa shape index (κ2) is 10.0. The third-order valence-electron chi connectivity index (χ3n) is 3.03. The molecule has 0 spiro atoms. The van der Waals surface area contributed by atoms with Crippen molar-refractivity contribution < 1.29 is 24.0 Å². The molecule has 1 rings (SSSR count). The maximum Gasteiger partial charge on any atom is 0.308 e. The normalized spacial score (nSPS) is 10.2. The Morgan fingerprint density at radius 2 is 1.80 bits per heavy atom. The molecule has 1 aromatic rings. The Hall–Kier alpha value is -2.97. The third kappa shape index (κ3) is 7.91. The van der Waals surface area contributed by atoms with Crippen molar-refractivity contribution >= 4 is 23.5 Å². The number of carbonyl (C=O) groups excluding carboxylic acids is 3. The van der Waals surface area contributed by atoms with Crippen LogP contribution in [0.25, 0.3) is 0 Å². The lowest BCUT2D eigenvalue weighted by molar-refractivity contribution is -0.384. The van der Waals surface area contributed by atoms with Gasteiger partial charge in [0.15, 0.2) is 6.61 Å². The summed E-state index contributed by atoms with van der Waals surface area (Å²) in [5.74, 6) is -1.15. The molecule has 9 nitrogen and oxygen atoms in total. The fraction of sp³-hybridized carbons (Fsp3) is 0.438. The largest absolute Gasteiger partial charge is 0.456 e. The van der Waals surface area contributed by atoms with Crippen molar-refractivity contribution in [3.63, 3.8) is 0 Å². The predicted octanol–water partition coefficient (Wildman–Crippen LogP) is 1.03. The van der Waals surface area contributed by atoms with E-state index in [2.05, 4.69) is 10.6 Å². The van der Waals surface area contributed by atoms with Crippen molar-refractivity contribution in [1.82, 2.24) is 10.6 Å². The Kier molecular flexibility index (Phi) is 8.04. The summed E-state index contributed by atoms with van der Waals surface area (Å²) in [4.78, 5) is 44.7. The van der Waals surface area contributed by atoms with Crippen LogP contribution < -0.4 is 10.6 Å². The number of ether oxygens (including phenoxy) is 1. The fourth-order valence-corrected chi connectivity index (χ4v) is 1.70. The van der Waals surface area contributed by atoms with Gasteiger partial charge in [0, 0.05) is 30.8 Å². The third-order valence-corrected chi connectivity index (χ3v) is 3.03. The molecule has 0 heterocycles. The summed E-state index contributed by atoms with van der Waals surface area (Å²) in [6.07, 6.45) is -0.0871. The smallest absolute Gasteiger partial charge is 0.308 e. The minimum atomic E-state index is -0.608. The van der Waals surface area contributed by atoms with Gasteiger partial charge >= 0.3 is 5.97 Å². The molecule has 0 unspecified atom stereocenters. The highest BCUT2D eigenvalue weighted by Crippen LogP contribution is 2.11. The molecule has 136 valence electrons. The summed E-state index contributed by atoms with van der Waals surface area (Å²) < 4.78 is 4.79. The van der Waals surface area contributed by atoms with E-state index in [9.17, 15) is 24.5 Å². The number of nitro groups is 1. The number of amides is 2. The Morgan fingerprint density at radius 3 is 2.36 bits per heavy atom. The SMILES string of the molecule is CC(C)CNC(=O)COC(=O)CCNC(=O)c1ccc([N+](=O)[O-])cc1. The first-order valence-electron chi connectivity index (χ1n) is 7.74. The quantitative estimate of drug-likeness (QED) is 0.388. The van der Waals surface area contributed by atoms with Gasteiger partial charge in [-0.1, -0.05) is 13.8 Å². The van der Waals surface area contributed by atoms with Crippen LogP contribution in [0.4, 0.5) is 5.69 Å². The van der Waals surface area contributed by atoms with Gasteiger partial charge in [-0.15, -0.1) is 0 Å². The molecule has 9 heteroatoms. The molecule has 0 aromatic heterocycles. The number of non-ortho nitro benzene ring substituents is 1. The minimum absolute atomic E-state index is 0.0300. The van der Waals surface area contributed by atoms with E-state index in [1.807, 2.05) is 13.8 Å². The monoisotopic (exact) mass is 351 g/mol. The maximum atomic E-state index is 11.8. The lowest BCUT2D eigenvalue weighted by Gasteiger charge is -2.08. The lowest BCUT2D eigenvalue weighted by atomic mass is 10.2. The van der Waals surface area contributed by atoms with E-state index in [0.717, 1.165) is 0 Å². The van der Waals surface area contributed by atoms with Crippen LogP contribution in [0.15, 0.2) is 24.3 Å². The molecule has 0 saturated carbocycles. The summed E-state index contributed by atoms with van der Waals surface area (Å²) in [6.45, 7) is 4.06. The highest BCUT2D eigenvalue weighted by atomic mass is 16.6. The Balaban J connectivity index is 2.27. The van der Waals surface area contributed by atoms with Gasteiger partial charge in [0.25, 0.3) is 17.5 Å². The van der Waals surface area contributed by atoms with E-state index in [0.29, 0.717) is 12.5 Å². The van der Waals surface area contributed by atoms with Gasteiger partial charge in [0.1, 0.15) is 0 Å². The van der Waals surface area contributed by atoms with Crippen LogP contribution in [0, 0.1) is 16.0 Å². The fourth-order valence-electron chi connectivity index (χ4n) is 1.70. The molecule has 0 radical (unpaired) electrons.